The maximum atomic E-state index is 11.9. The first-order valence-corrected chi connectivity index (χ1v) is 13.6. The van der Waals surface area contributed by atoms with E-state index in [0.29, 0.717) is 6.42 Å². The molecule has 2 unspecified atom stereocenters. The van der Waals surface area contributed by atoms with Gasteiger partial charge in [-0.05, 0) is 43.9 Å². The van der Waals surface area contributed by atoms with Crippen molar-refractivity contribution in [1.29, 1.82) is 0 Å². The van der Waals surface area contributed by atoms with Crippen molar-refractivity contribution in [3.63, 3.8) is 0 Å². The van der Waals surface area contributed by atoms with Crippen LogP contribution < -0.4 is 0 Å². The highest BCUT2D eigenvalue weighted by molar-refractivity contribution is 5.69. The summed E-state index contributed by atoms with van der Waals surface area (Å²) in [6.45, 7) is 10.1. The summed E-state index contributed by atoms with van der Waals surface area (Å²) < 4.78 is 4.94. The van der Waals surface area contributed by atoms with Gasteiger partial charge in [0.15, 0.2) is 0 Å². The Morgan fingerprint density at radius 2 is 1.29 bits per heavy atom. The maximum Gasteiger partial charge on any atom is 0.306 e. The van der Waals surface area contributed by atoms with Crippen molar-refractivity contribution in [2.45, 2.75) is 130 Å². The van der Waals surface area contributed by atoms with Crippen LogP contribution in [-0.4, -0.2) is 69.1 Å². The average Bonchev–Trinajstić information content (AvgIpc) is 2.80. The van der Waals surface area contributed by atoms with Crippen LogP contribution in [0.1, 0.15) is 105 Å². The van der Waals surface area contributed by atoms with Crippen LogP contribution in [0.4, 0.5) is 0 Å². The number of rotatable bonds is 21. The van der Waals surface area contributed by atoms with Gasteiger partial charge in [0.05, 0.1) is 6.61 Å². The average molecular weight is 503 g/mol. The fourth-order valence-electron chi connectivity index (χ4n) is 4.16. The molecule has 0 aromatic rings. The molecular weight excluding hydrogens is 448 g/mol. The van der Waals surface area contributed by atoms with Gasteiger partial charge in [-0.3, -0.25) is 4.79 Å². The zero-order valence-corrected chi connectivity index (χ0v) is 22.9. The summed E-state index contributed by atoms with van der Waals surface area (Å²) in [5, 5.41) is 47.1. The first-order chi connectivity index (χ1) is 16.5. The molecule has 0 amide bonds. The lowest BCUT2D eigenvalue weighted by molar-refractivity contribution is -0.156. The van der Waals surface area contributed by atoms with Gasteiger partial charge >= 0.3 is 5.97 Å². The van der Waals surface area contributed by atoms with Crippen molar-refractivity contribution in [2.75, 3.05) is 13.2 Å². The van der Waals surface area contributed by atoms with E-state index in [2.05, 4.69) is 34.6 Å². The van der Waals surface area contributed by atoms with Gasteiger partial charge in [-0.2, -0.15) is 0 Å². The summed E-state index contributed by atoms with van der Waals surface area (Å²) in [6, 6.07) is 0. The summed E-state index contributed by atoms with van der Waals surface area (Å²) in [4.78, 5) is 11.9. The smallest absolute Gasteiger partial charge is 0.306 e. The van der Waals surface area contributed by atoms with Crippen LogP contribution in [0.2, 0.25) is 0 Å². The van der Waals surface area contributed by atoms with E-state index in [9.17, 15) is 25.2 Å². The molecule has 7 nitrogen and oxygen atoms in total. The van der Waals surface area contributed by atoms with Crippen LogP contribution in [0.25, 0.3) is 0 Å². The van der Waals surface area contributed by atoms with E-state index in [4.69, 9.17) is 9.84 Å². The normalized spacial score (nSPS) is 17.6. The molecule has 0 aliphatic heterocycles. The number of hydrogen-bond acceptors (Lipinski definition) is 7. The van der Waals surface area contributed by atoms with Gasteiger partial charge in [-0.25, -0.2) is 0 Å². The lowest BCUT2D eigenvalue weighted by atomic mass is 9.91. The number of carbonyl (C=O) groups excluding carboxylic acids is 1. The molecule has 0 aliphatic carbocycles. The van der Waals surface area contributed by atoms with Crippen molar-refractivity contribution in [3.05, 3.63) is 11.6 Å². The van der Waals surface area contributed by atoms with Crippen molar-refractivity contribution < 1.29 is 35.1 Å². The molecule has 0 radical (unpaired) electrons. The maximum absolute atomic E-state index is 11.9. The van der Waals surface area contributed by atoms with Crippen molar-refractivity contribution >= 4 is 5.97 Å². The minimum atomic E-state index is -1.73. The van der Waals surface area contributed by atoms with E-state index in [1.165, 1.54) is 50.5 Å². The number of esters is 1. The molecule has 208 valence electrons. The first-order valence-electron chi connectivity index (χ1n) is 13.6. The van der Waals surface area contributed by atoms with E-state index in [1.54, 1.807) is 0 Å². The summed E-state index contributed by atoms with van der Waals surface area (Å²) >= 11 is 0. The number of aliphatic hydroxyl groups is 5. The zero-order chi connectivity index (χ0) is 26.8. The van der Waals surface area contributed by atoms with Gasteiger partial charge in [-0.1, -0.05) is 84.3 Å². The molecule has 0 aromatic heterocycles. The van der Waals surface area contributed by atoms with Crippen LogP contribution in [-0.2, 0) is 9.53 Å². The van der Waals surface area contributed by atoms with E-state index < -0.39 is 43.6 Å². The van der Waals surface area contributed by atoms with Crippen LogP contribution >= 0.6 is 0 Å². The third kappa shape index (κ3) is 18.0. The third-order valence-electron chi connectivity index (χ3n) is 6.72. The topological polar surface area (TPSA) is 127 Å². The lowest BCUT2D eigenvalue weighted by Gasteiger charge is -2.25. The number of ether oxygens (including phenoxy) is 1. The summed E-state index contributed by atoms with van der Waals surface area (Å²) in [6.07, 6.45) is 7.49. The summed E-state index contributed by atoms with van der Waals surface area (Å²) in [5.41, 5.74) is 1.25. The molecule has 0 heterocycles. The van der Waals surface area contributed by atoms with Crippen LogP contribution in [0.5, 0.6) is 0 Å². The van der Waals surface area contributed by atoms with Crippen molar-refractivity contribution in [1.82, 2.24) is 0 Å². The Morgan fingerprint density at radius 3 is 1.83 bits per heavy atom. The standard InChI is InChI=1S/C28H54O7/c1-20(2)10-6-11-21(3)12-7-13-22(4)14-8-15-23(5)16-9-17-26(32)35-19-25(31)28(34)27(33)24(30)18-29/h16,20-22,24-25,27-31,33-34H,6-15,17-19H2,1-5H3/t21?,22?,24-,25-,27-,28-/m0/s1. The molecule has 35 heavy (non-hydrogen) atoms. The van der Waals surface area contributed by atoms with Crippen molar-refractivity contribution in [3.8, 4) is 0 Å². The fourth-order valence-corrected chi connectivity index (χ4v) is 4.16. The van der Waals surface area contributed by atoms with Gasteiger partial charge < -0.3 is 30.3 Å². The molecule has 6 atom stereocenters. The SMILES string of the molecule is CC(=CCCC(=O)OC[C@H](O)[C@H](O)[C@@H](O)[C@@H](O)CO)CCCC(C)CCCC(C)CCCC(C)C. The fraction of sp³-hybridized carbons (Fsp3) is 0.893. The second-order valence-electron chi connectivity index (χ2n) is 10.9. The first kappa shape index (κ1) is 34.0. The molecule has 0 aromatic carbocycles. The second kappa shape index (κ2) is 20.1. The van der Waals surface area contributed by atoms with Gasteiger partial charge in [0.25, 0.3) is 0 Å². The molecule has 0 saturated carbocycles. The van der Waals surface area contributed by atoms with E-state index in [1.807, 2.05) is 6.08 Å². The lowest BCUT2D eigenvalue weighted by Crippen LogP contribution is -2.47. The van der Waals surface area contributed by atoms with E-state index in [-0.39, 0.29) is 6.42 Å². The second-order valence-corrected chi connectivity index (χ2v) is 10.9. The monoisotopic (exact) mass is 502 g/mol. The minimum Gasteiger partial charge on any atom is -0.463 e. The van der Waals surface area contributed by atoms with Gasteiger partial charge in [0.1, 0.15) is 31.0 Å². The summed E-state index contributed by atoms with van der Waals surface area (Å²) in [7, 11) is 0. The van der Waals surface area contributed by atoms with E-state index in [0.717, 1.165) is 30.6 Å². The Balaban J connectivity index is 3.94. The Labute approximate surface area is 213 Å². The molecule has 0 fully saturated rings. The van der Waals surface area contributed by atoms with Gasteiger partial charge in [0.2, 0.25) is 0 Å². The van der Waals surface area contributed by atoms with E-state index >= 15 is 0 Å². The molecule has 0 saturated heterocycles. The molecule has 5 N–H and O–H groups in total. The molecule has 0 aliphatic rings. The molecule has 7 heteroatoms. The highest BCUT2D eigenvalue weighted by Crippen LogP contribution is 2.22. The predicted molar refractivity (Wildman–Crippen MR) is 140 cm³/mol. The number of allylic oxidation sites excluding steroid dienone is 2. The Kier molecular flexibility index (Phi) is 19.5. The summed E-state index contributed by atoms with van der Waals surface area (Å²) in [5.74, 6) is 1.86. The highest BCUT2D eigenvalue weighted by Gasteiger charge is 2.30. The van der Waals surface area contributed by atoms with Crippen LogP contribution in [0.15, 0.2) is 11.6 Å². The highest BCUT2D eigenvalue weighted by atomic mass is 16.5. The van der Waals surface area contributed by atoms with Crippen LogP contribution in [0, 0.1) is 17.8 Å². The molecular formula is C28H54O7. The Hall–Kier alpha value is -0.990. The number of carbonyl (C=O) groups is 1. The quantitative estimate of drug-likeness (QED) is 0.118. The number of hydrogen-bond donors (Lipinski definition) is 5. The minimum absolute atomic E-state index is 0.160. The number of aliphatic hydroxyl groups excluding tert-OH is 5. The molecule has 0 rings (SSSR count). The molecule has 0 bridgehead atoms. The van der Waals surface area contributed by atoms with Gasteiger partial charge in [0, 0.05) is 6.42 Å². The largest absolute Gasteiger partial charge is 0.463 e. The van der Waals surface area contributed by atoms with Crippen molar-refractivity contribution in [2.24, 2.45) is 17.8 Å². The molecule has 0 spiro atoms. The Bertz CT molecular complexity index is 564. The van der Waals surface area contributed by atoms with Gasteiger partial charge in [-0.15, -0.1) is 0 Å². The Morgan fingerprint density at radius 1 is 0.771 bits per heavy atom. The third-order valence-corrected chi connectivity index (χ3v) is 6.72. The zero-order valence-electron chi connectivity index (χ0n) is 22.9. The predicted octanol–water partition coefficient (Wildman–Crippen LogP) is 4.13. The van der Waals surface area contributed by atoms with Crippen LogP contribution in [0.3, 0.4) is 0 Å².